The van der Waals surface area contributed by atoms with E-state index in [9.17, 15) is 0 Å². The number of halogens is 1. The van der Waals surface area contributed by atoms with E-state index in [1.165, 1.54) is 9.88 Å². The summed E-state index contributed by atoms with van der Waals surface area (Å²) >= 11 is 1.78. The summed E-state index contributed by atoms with van der Waals surface area (Å²) in [5, 5.41) is 4.30. The van der Waals surface area contributed by atoms with Crippen LogP contribution in [0, 0.1) is 6.92 Å². The van der Waals surface area contributed by atoms with E-state index in [-0.39, 0.29) is 12.4 Å². The Hall–Kier alpha value is -0.210. The molecular formula is C6H10ClNS. The van der Waals surface area contributed by atoms with Crippen molar-refractivity contribution in [1.82, 2.24) is 0 Å². The van der Waals surface area contributed by atoms with Crippen molar-refractivity contribution in [3.63, 3.8) is 0 Å². The van der Waals surface area contributed by atoms with E-state index in [0.29, 0.717) is 0 Å². The number of thiophene rings is 1. The standard InChI is InChI=1S/C6H9NS.ClH/c1-5-3-4-6(7-2)8-5;/h3-4,7H,1-2H3;1H. The maximum atomic E-state index is 3.07. The van der Waals surface area contributed by atoms with Gasteiger partial charge < -0.3 is 5.32 Å². The van der Waals surface area contributed by atoms with Crippen LogP contribution in [-0.2, 0) is 0 Å². The third kappa shape index (κ3) is 2.24. The molecule has 1 N–H and O–H groups in total. The molecule has 0 aliphatic heterocycles. The molecule has 0 fully saturated rings. The zero-order valence-electron chi connectivity index (χ0n) is 5.47. The number of rotatable bonds is 1. The molecule has 0 spiro atoms. The minimum atomic E-state index is 0. The minimum absolute atomic E-state index is 0. The summed E-state index contributed by atoms with van der Waals surface area (Å²) in [6, 6.07) is 4.19. The highest BCUT2D eigenvalue weighted by Crippen LogP contribution is 2.19. The zero-order valence-corrected chi connectivity index (χ0v) is 7.10. The smallest absolute Gasteiger partial charge is 0.0882 e. The van der Waals surface area contributed by atoms with Gasteiger partial charge in [0.15, 0.2) is 0 Å². The SMILES string of the molecule is CNc1ccc(C)s1.Cl. The fourth-order valence-corrected chi connectivity index (χ4v) is 1.29. The van der Waals surface area contributed by atoms with E-state index in [2.05, 4.69) is 24.4 Å². The monoisotopic (exact) mass is 163 g/mol. The van der Waals surface area contributed by atoms with E-state index in [1.807, 2.05) is 7.05 Å². The molecule has 0 bridgehead atoms. The summed E-state index contributed by atoms with van der Waals surface area (Å²) in [5.41, 5.74) is 0. The van der Waals surface area contributed by atoms with Crippen LogP contribution in [0.2, 0.25) is 0 Å². The van der Waals surface area contributed by atoms with Crippen molar-refractivity contribution in [2.24, 2.45) is 0 Å². The molecule has 0 atom stereocenters. The first-order chi connectivity index (χ1) is 3.83. The summed E-state index contributed by atoms with van der Waals surface area (Å²) in [7, 11) is 1.94. The first kappa shape index (κ1) is 8.79. The van der Waals surface area contributed by atoms with Crippen molar-refractivity contribution >= 4 is 28.7 Å². The van der Waals surface area contributed by atoms with Crippen molar-refractivity contribution in [2.75, 3.05) is 12.4 Å². The molecule has 0 saturated carbocycles. The molecule has 0 aliphatic carbocycles. The van der Waals surface area contributed by atoms with Gasteiger partial charge in [0.2, 0.25) is 0 Å². The van der Waals surface area contributed by atoms with Gasteiger partial charge >= 0.3 is 0 Å². The molecule has 3 heteroatoms. The number of hydrogen-bond donors (Lipinski definition) is 1. The van der Waals surface area contributed by atoms with E-state index >= 15 is 0 Å². The molecule has 0 saturated heterocycles. The first-order valence-corrected chi connectivity index (χ1v) is 3.39. The number of hydrogen-bond acceptors (Lipinski definition) is 2. The van der Waals surface area contributed by atoms with E-state index < -0.39 is 0 Å². The van der Waals surface area contributed by atoms with Gasteiger partial charge in [-0.25, -0.2) is 0 Å². The second-order valence-corrected chi connectivity index (χ2v) is 2.95. The van der Waals surface area contributed by atoms with Gasteiger partial charge in [-0.2, -0.15) is 0 Å². The van der Waals surface area contributed by atoms with E-state index in [0.717, 1.165) is 0 Å². The highest BCUT2D eigenvalue weighted by Gasteiger charge is 1.88. The van der Waals surface area contributed by atoms with Crippen LogP contribution in [0.5, 0.6) is 0 Å². The lowest BCUT2D eigenvalue weighted by atomic mass is 10.5. The van der Waals surface area contributed by atoms with Crippen LogP contribution in [0.1, 0.15) is 4.88 Å². The summed E-state index contributed by atoms with van der Waals surface area (Å²) in [6.45, 7) is 2.10. The van der Waals surface area contributed by atoms with Gasteiger partial charge in [0.05, 0.1) is 5.00 Å². The van der Waals surface area contributed by atoms with Gasteiger partial charge in [0.1, 0.15) is 0 Å². The van der Waals surface area contributed by atoms with Gasteiger partial charge in [-0.15, -0.1) is 23.7 Å². The fourth-order valence-electron chi connectivity index (χ4n) is 0.569. The quantitative estimate of drug-likeness (QED) is 0.671. The van der Waals surface area contributed by atoms with Crippen molar-refractivity contribution in [2.45, 2.75) is 6.92 Å². The lowest BCUT2D eigenvalue weighted by molar-refractivity contribution is 1.59. The normalized spacial score (nSPS) is 8.22. The Kier molecular flexibility index (Phi) is 3.66. The van der Waals surface area contributed by atoms with Gasteiger partial charge in [0.25, 0.3) is 0 Å². The van der Waals surface area contributed by atoms with Crippen molar-refractivity contribution in [3.05, 3.63) is 17.0 Å². The van der Waals surface area contributed by atoms with Gasteiger partial charge in [-0.1, -0.05) is 0 Å². The second-order valence-electron chi connectivity index (χ2n) is 1.66. The fraction of sp³-hybridized carbons (Fsp3) is 0.333. The summed E-state index contributed by atoms with van der Waals surface area (Å²) in [4.78, 5) is 1.36. The van der Waals surface area contributed by atoms with Crippen LogP contribution in [-0.4, -0.2) is 7.05 Å². The summed E-state index contributed by atoms with van der Waals surface area (Å²) < 4.78 is 0. The number of aryl methyl sites for hydroxylation is 1. The molecule has 9 heavy (non-hydrogen) atoms. The average Bonchev–Trinajstić information content (AvgIpc) is 2.14. The molecule has 52 valence electrons. The Morgan fingerprint density at radius 1 is 1.44 bits per heavy atom. The van der Waals surface area contributed by atoms with Gasteiger partial charge in [-0.3, -0.25) is 0 Å². The van der Waals surface area contributed by atoms with Crippen LogP contribution < -0.4 is 5.32 Å². The third-order valence-electron chi connectivity index (χ3n) is 0.987. The molecule has 0 amide bonds. The molecular weight excluding hydrogens is 154 g/mol. The van der Waals surface area contributed by atoms with Gasteiger partial charge in [-0.05, 0) is 19.1 Å². The predicted octanol–water partition coefficient (Wildman–Crippen LogP) is 2.52. The van der Waals surface area contributed by atoms with Crippen molar-refractivity contribution in [3.8, 4) is 0 Å². The molecule has 1 aromatic heterocycles. The topological polar surface area (TPSA) is 12.0 Å². The molecule has 0 aliphatic rings. The molecule has 1 nitrogen and oxygen atoms in total. The highest BCUT2D eigenvalue weighted by atomic mass is 35.5. The molecule has 0 aromatic carbocycles. The Morgan fingerprint density at radius 3 is 2.33 bits per heavy atom. The number of nitrogens with one attached hydrogen (secondary N) is 1. The van der Waals surface area contributed by atoms with E-state index in [4.69, 9.17) is 0 Å². The molecule has 1 heterocycles. The third-order valence-corrected chi connectivity index (χ3v) is 2.00. The Morgan fingerprint density at radius 2 is 2.11 bits per heavy atom. The van der Waals surface area contributed by atoms with Crippen LogP contribution in [0.4, 0.5) is 5.00 Å². The lowest BCUT2D eigenvalue weighted by Crippen LogP contribution is -1.79. The Balaban J connectivity index is 0.000000640. The largest absolute Gasteiger partial charge is 0.380 e. The van der Waals surface area contributed by atoms with Gasteiger partial charge in [0, 0.05) is 11.9 Å². The zero-order chi connectivity index (χ0) is 5.98. The molecule has 1 rings (SSSR count). The molecule has 1 aromatic rings. The van der Waals surface area contributed by atoms with Crippen molar-refractivity contribution in [1.29, 1.82) is 0 Å². The predicted molar refractivity (Wildman–Crippen MR) is 45.9 cm³/mol. The first-order valence-electron chi connectivity index (χ1n) is 2.57. The second kappa shape index (κ2) is 3.75. The Bertz CT molecular complexity index is 173. The minimum Gasteiger partial charge on any atom is -0.380 e. The average molecular weight is 164 g/mol. The van der Waals surface area contributed by atoms with Crippen LogP contribution in [0.25, 0.3) is 0 Å². The lowest BCUT2D eigenvalue weighted by Gasteiger charge is -1.86. The summed E-state index contributed by atoms with van der Waals surface area (Å²) in [5.74, 6) is 0. The van der Waals surface area contributed by atoms with E-state index in [1.54, 1.807) is 11.3 Å². The summed E-state index contributed by atoms with van der Waals surface area (Å²) in [6.07, 6.45) is 0. The maximum Gasteiger partial charge on any atom is 0.0882 e. The molecule has 0 radical (unpaired) electrons. The van der Waals surface area contributed by atoms with Crippen LogP contribution >= 0.6 is 23.7 Å². The highest BCUT2D eigenvalue weighted by molar-refractivity contribution is 7.15. The number of anilines is 1. The van der Waals surface area contributed by atoms with Crippen molar-refractivity contribution < 1.29 is 0 Å². The Labute approximate surface area is 65.5 Å². The van der Waals surface area contributed by atoms with Crippen LogP contribution in [0.3, 0.4) is 0 Å². The maximum absolute atomic E-state index is 3.07. The van der Waals surface area contributed by atoms with Crippen LogP contribution in [0.15, 0.2) is 12.1 Å². The molecule has 0 unspecified atom stereocenters.